The van der Waals surface area contributed by atoms with Gasteiger partial charge in [-0.15, -0.1) is 0 Å². The summed E-state index contributed by atoms with van der Waals surface area (Å²) in [6.45, 7) is 3.05. The average Bonchev–Trinajstić information content (AvgIpc) is 2.69. The zero-order chi connectivity index (χ0) is 19.7. The SMILES string of the molecule is CN1CCc2nc(N3CCC(NC(=O)c4ccc(Cl)cc4)CC3)[nH]c(=O)c2C1. The molecular formula is C20H24ClN5O2. The van der Waals surface area contributed by atoms with Crippen LogP contribution in [0.2, 0.25) is 5.02 Å². The van der Waals surface area contributed by atoms with Gasteiger partial charge in [-0.2, -0.15) is 0 Å². The number of carbonyl (C=O) groups excluding carboxylic acids is 1. The maximum absolute atomic E-state index is 12.4. The van der Waals surface area contributed by atoms with Crippen LogP contribution in [-0.2, 0) is 13.0 Å². The Kier molecular flexibility index (Phi) is 5.37. The summed E-state index contributed by atoms with van der Waals surface area (Å²) >= 11 is 5.87. The van der Waals surface area contributed by atoms with Crippen molar-refractivity contribution in [1.29, 1.82) is 0 Å². The van der Waals surface area contributed by atoms with Crippen molar-refractivity contribution in [1.82, 2.24) is 20.2 Å². The first-order valence-electron chi connectivity index (χ1n) is 9.61. The van der Waals surface area contributed by atoms with E-state index >= 15 is 0 Å². The van der Waals surface area contributed by atoms with E-state index in [9.17, 15) is 9.59 Å². The highest BCUT2D eigenvalue weighted by molar-refractivity contribution is 6.30. The quantitative estimate of drug-likeness (QED) is 0.819. The molecule has 1 amide bonds. The lowest BCUT2D eigenvalue weighted by molar-refractivity contribution is 0.0931. The fraction of sp³-hybridized carbons (Fsp3) is 0.450. The molecule has 4 rings (SSSR count). The monoisotopic (exact) mass is 401 g/mol. The van der Waals surface area contributed by atoms with Crippen molar-refractivity contribution in [3.63, 3.8) is 0 Å². The first-order chi connectivity index (χ1) is 13.5. The Morgan fingerprint density at radius 1 is 1.21 bits per heavy atom. The number of hydrogen-bond acceptors (Lipinski definition) is 5. The number of hydrogen-bond donors (Lipinski definition) is 2. The van der Waals surface area contributed by atoms with Gasteiger partial charge in [0.25, 0.3) is 11.5 Å². The lowest BCUT2D eigenvalue weighted by atomic mass is 10.0. The van der Waals surface area contributed by atoms with E-state index in [2.05, 4.69) is 20.1 Å². The number of rotatable bonds is 3. The molecule has 2 aliphatic heterocycles. The molecule has 0 aliphatic carbocycles. The average molecular weight is 402 g/mol. The number of H-pyrrole nitrogens is 1. The highest BCUT2D eigenvalue weighted by Gasteiger charge is 2.25. The Hall–Kier alpha value is -2.38. The van der Waals surface area contributed by atoms with Gasteiger partial charge in [-0.1, -0.05) is 11.6 Å². The summed E-state index contributed by atoms with van der Waals surface area (Å²) in [5, 5.41) is 3.70. The highest BCUT2D eigenvalue weighted by Crippen LogP contribution is 2.19. The molecule has 3 heterocycles. The van der Waals surface area contributed by atoms with Crippen molar-refractivity contribution in [3.8, 4) is 0 Å². The maximum Gasteiger partial charge on any atom is 0.257 e. The topological polar surface area (TPSA) is 81.3 Å². The van der Waals surface area contributed by atoms with Crippen LogP contribution in [0.3, 0.4) is 0 Å². The molecule has 1 saturated heterocycles. The van der Waals surface area contributed by atoms with Crippen LogP contribution in [0.4, 0.5) is 5.95 Å². The summed E-state index contributed by atoms with van der Waals surface area (Å²) < 4.78 is 0. The molecule has 1 aromatic carbocycles. The second kappa shape index (κ2) is 7.93. The van der Waals surface area contributed by atoms with Crippen LogP contribution in [0.1, 0.15) is 34.5 Å². The van der Waals surface area contributed by atoms with Crippen LogP contribution >= 0.6 is 11.6 Å². The van der Waals surface area contributed by atoms with Crippen LogP contribution in [0.15, 0.2) is 29.1 Å². The first-order valence-corrected chi connectivity index (χ1v) is 9.99. The Morgan fingerprint density at radius 3 is 2.64 bits per heavy atom. The van der Waals surface area contributed by atoms with Crippen molar-refractivity contribution in [2.75, 3.05) is 31.6 Å². The van der Waals surface area contributed by atoms with Gasteiger partial charge < -0.3 is 15.1 Å². The van der Waals surface area contributed by atoms with Gasteiger partial charge in [0.15, 0.2) is 0 Å². The number of carbonyl (C=O) groups is 1. The zero-order valence-electron chi connectivity index (χ0n) is 15.9. The van der Waals surface area contributed by atoms with Crippen molar-refractivity contribution in [2.24, 2.45) is 0 Å². The summed E-state index contributed by atoms with van der Waals surface area (Å²) in [6, 6.07) is 7.00. The molecule has 1 fully saturated rings. The van der Waals surface area contributed by atoms with Crippen LogP contribution in [0.25, 0.3) is 0 Å². The van der Waals surface area contributed by atoms with Crippen LogP contribution < -0.4 is 15.8 Å². The Morgan fingerprint density at radius 2 is 1.93 bits per heavy atom. The van der Waals surface area contributed by atoms with Crippen LogP contribution in [0.5, 0.6) is 0 Å². The molecule has 0 bridgehead atoms. The van der Waals surface area contributed by atoms with Gasteiger partial charge >= 0.3 is 0 Å². The number of anilines is 1. The van der Waals surface area contributed by atoms with E-state index in [1.54, 1.807) is 24.3 Å². The van der Waals surface area contributed by atoms with E-state index in [0.29, 0.717) is 23.1 Å². The molecule has 1 aromatic heterocycles. The van der Waals surface area contributed by atoms with E-state index < -0.39 is 0 Å². The predicted molar refractivity (Wildman–Crippen MR) is 109 cm³/mol. The van der Waals surface area contributed by atoms with Crippen molar-refractivity contribution in [3.05, 3.63) is 56.5 Å². The molecule has 8 heteroatoms. The lowest BCUT2D eigenvalue weighted by Gasteiger charge is -2.33. The third kappa shape index (κ3) is 4.05. The van der Waals surface area contributed by atoms with Crippen LogP contribution in [-0.4, -0.2) is 53.5 Å². The Bertz CT molecular complexity index is 919. The second-order valence-electron chi connectivity index (χ2n) is 7.54. The van der Waals surface area contributed by atoms with E-state index in [1.807, 2.05) is 7.05 Å². The molecule has 0 saturated carbocycles. The molecule has 28 heavy (non-hydrogen) atoms. The Balaban J connectivity index is 1.38. The van der Waals surface area contributed by atoms with Crippen LogP contribution in [0, 0.1) is 0 Å². The highest BCUT2D eigenvalue weighted by atomic mass is 35.5. The Labute approximate surface area is 168 Å². The van der Waals surface area contributed by atoms with Gasteiger partial charge in [-0.3, -0.25) is 14.6 Å². The fourth-order valence-electron chi connectivity index (χ4n) is 3.80. The molecule has 0 radical (unpaired) electrons. The molecule has 0 atom stereocenters. The van der Waals surface area contributed by atoms with Gasteiger partial charge in [-0.05, 0) is 44.2 Å². The van der Waals surface area contributed by atoms with Crippen molar-refractivity contribution < 1.29 is 4.79 Å². The smallest absolute Gasteiger partial charge is 0.257 e. The fourth-order valence-corrected chi connectivity index (χ4v) is 3.93. The van der Waals surface area contributed by atoms with Crippen molar-refractivity contribution >= 4 is 23.5 Å². The number of benzene rings is 1. The standard InChI is InChI=1S/C20H24ClN5O2/c1-25-9-8-17-16(12-25)19(28)24-20(23-17)26-10-6-15(7-11-26)22-18(27)13-2-4-14(21)5-3-13/h2-5,15H,6-12H2,1H3,(H,22,27)(H,23,24,28). The zero-order valence-corrected chi connectivity index (χ0v) is 16.6. The number of nitrogens with zero attached hydrogens (tertiary/aromatic N) is 3. The largest absolute Gasteiger partial charge is 0.349 e. The van der Waals surface area contributed by atoms with Crippen molar-refractivity contribution in [2.45, 2.75) is 31.8 Å². The van der Waals surface area contributed by atoms with Gasteiger partial charge in [0.2, 0.25) is 5.95 Å². The summed E-state index contributed by atoms with van der Waals surface area (Å²) in [4.78, 5) is 36.7. The van der Waals surface area contributed by atoms with E-state index in [-0.39, 0.29) is 17.5 Å². The minimum absolute atomic E-state index is 0.0373. The number of nitrogens with one attached hydrogen (secondary N) is 2. The van der Waals surface area contributed by atoms with E-state index in [4.69, 9.17) is 16.6 Å². The third-order valence-electron chi connectivity index (χ3n) is 5.48. The number of aromatic amines is 1. The van der Waals surface area contributed by atoms with E-state index in [0.717, 1.165) is 50.2 Å². The van der Waals surface area contributed by atoms with Gasteiger partial charge in [0.05, 0.1) is 11.3 Å². The summed E-state index contributed by atoms with van der Waals surface area (Å²) in [7, 11) is 2.01. The minimum Gasteiger partial charge on any atom is -0.349 e. The van der Waals surface area contributed by atoms with Gasteiger partial charge in [-0.25, -0.2) is 4.98 Å². The molecule has 2 aromatic rings. The van der Waals surface area contributed by atoms with Gasteiger partial charge in [0.1, 0.15) is 0 Å². The summed E-state index contributed by atoms with van der Waals surface area (Å²) in [5.41, 5.74) is 2.26. The molecule has 148 valence electrons. The minimum atomic E-state index is -0.0838. The molecule has 2 N–H and O–H groups in total. The number of halogens is 1. The van der Waals surface area contributed by atoms with Gasteiger partial charge in [0, 0.05) is 49.2 Å². The number of amides is 1. The molecule has 7 nitrogen and oxygen atoms in total. The second-order valence-corrected chi connectivity index (χ2v) is 7.98. The summed E-state index contributed by atoms with van der Waals surface area (Å²) in [5.74, 6) is 0.565. The number of likely N-dealkylation sites (N-methyl/N-ethyl adjacent to an activating group) is 1. The molecule has 0 unspecified atom stereocenters. The molecular weight excluding hydrogens is 378 g/mol. The first kappa shape index (κ1) is 19.0. The molecule has 0 spiro atoms. The predicted octanol–water partition coefficient (Wildman–Crippen LogP) is 1.81. The maximum atomic E-state index is 12.4. The number of aromatic nitrogens is 2. The number of fused-ring (bicyclic) bond motifs is 1. The summed E-state index contributed by atoms with van der Waals surface area (Å²) in [6.07, 6.45) is 2.42. The molecule has 2 aliphatic rings. The van der Waals surface area contributed by atoms with E-state index in [1.165, 1.54) is 0 Å². The number of piperidine rings is 1. The lowest BCUT2D eigenvalue weighted by Crippen LogP contribution is -2.46. The normalized spacial score (nSPS) is 18.0. The third-order valence-corrected chi connectivity index (χ3v) is 5.74.